The summed E-state index contributed by atoms with van der Waals surface area (Å²) in [5.41, 5.74) is 2.06. The smallest absolute Gasteiger partial charge is 0.411 e. The lowest BCUT2D eigenvalue weighted by molar-refractivity contribution is 0.0663. The number of benzene rings is 3. The summed E-state index contributed by atoms with van der Waals surface area (Å²) in [5.74, 6) is 2.66. The summed E-state index contributed by atoms with van der Waals surface area (Å²) in [6.45, 7) is 3.32. The lowest BCUT2D eigenvalue weighted by Gasteiger charge is -2.37. The van der Waals surface area contributed by atoms with E-state index in [1.165, 1.54) is 4.31 Å². The minimum Gasteiger partial charge on any atom is -0.445 e. The van der Waals surface area contributed by atoms with Gasteiger partial charge in [0, 0.05) is 32.7 Å². The molecule has 3 aromatic rings. The molecule has 0 spiro atoms. The maximum Gasteiger partial charge on any atom is 0.411 e. The van der Waals surface area contributed by atoms with E-state index in [-0.39, 0.29) is 43.6 Å². The Labute approximate surface area is 256 Å². The largest absolute Gasteiger partial charge is 0.445 e. The summed E-state index contributed by atoms with van der Waals surface area (Å²) in [4.78, 5) is 17.3. The van der Waals surface area contributed by atoms with Crippen LogP contribution in [0.3, 0.4) is 0 Å². The third kappa shape index (κ3) is 9.07. The van der Waals surface area contributed by atoms with E-state index in [0.29, 0.717) is 11.4 Å². The molecule has 42 heavy (non-hydrogen) atoms. The van der Waals surface area contributed by atoms with Gasteiger partial charge in [0.1, 0.15) is 6.61 Å². The highest BCUT2D eigenvalue weighted by molar-refractivity contribution is 7.89. The van der Waals surface area contributed by atoms with Crippen LogP contribution in [-0.2, 0) is 21.4 Å². The maximum absolute atomic E-state index is 13.2. The molecule has 0 aliphatic carbocycles. The summed E-state index contributed by atoms with van der Waals surface area (Å²) in [7, 11) is -1.93. The van der Waals surface area contributed by atoms with Gasteiger partial charge < -0.3 is 9.64 Å². The summed E-state index contributed by atoms with van der Waals surface area (Å²) in [5, 5.41) is 0. The Kier molecular flexibility index (Phi) is 12.9. The number of likely N-dealkylation sites (tertiary alicyclic amines) is 1. The molecule has 1 heterocycles. The fraction of sp³-hybridized carbons (Fsp3) is 0.364. The monoisotopic (exact) mass is 609 g/mol. The Balaban J connectivity index is 0.00000484. The molecule has 4 rings (SSSR count). The van der Waals surface area contributed by atoms with Crippen LogP contribution in [0.1, 0.15) is 36.3 Å². The van der Waals surface area contributed by atoms with Crippen molar-refractivity contribution in [2.45, 2.75) is 42.7 Å². The molecule has 0 bridgehead atoms. The first kappa shape index (κ1) is 33.2. The minimum absolute atomic E-state index is 0. The molecule has 0 N–H and O–H groups in total. The number of likely N-dealkylation sites (N-methyl/N-ethyl adjacent to an activating group) is 1. The fourth-order valence-electron chi connectivity index (χ4n) is 5.31. The molecule has 1 aliphatic heterocycles. The van der Waals surface area contributed by atoms with Crippen molar-refractivity contribution in [2.75, 3.05) is 39.8 Å². The summed E-state index contributed by atoms with van der Waals surface area (Å²) < 4.78 is 33.4. The zero-order valence-electron chi connectivity index (χ0n) is 24.0. The molecule has 224 valence electrons. The van der Waals surface area contributed by atoms with E-state index >= 15 is 0 Å². The number of ether oxygens (including phenoxy) is 1. The zero-order chi connectivity index (χ0) is 29.1. The number of rotatable bonds is 12. The van der Waals surface area contributed by atoms with Gasteiger partial charge in [0.25, 0.3) is 0 Å². The van der Waals surface area contributed by atoms with Gasteiger partial charge in [0.05, 0.1) is 11.4 Å². The number of terminal acetylenes is 1. The lowest BCUT2D eigenvalue weighted by atomic mass is 9.94. The van der Waals surface area contributed by atoms with Crippen molar-refractivity contribution >= 4 is 28.5 Å². The van der Waals surface area contributed by atoms with Crippen molar-refractivity contribution < 1.29 is 17.9 Å². The molecule has 0 unspecified atom stereocenters. The molecule has 0 radical (unpaired) electrons. The second-order valence-corrected chi connectivity index (χ2v) is 12.5. The molecule has 1 aliphatic rings. The predicted octanol–water partition coefficient (Wildman–Crippen LogP) is 5.64. The van der Waals surface area contributed by atoms with Crippen molar-refractivity contribution in [1.82, 2.24) is 14.1 Å². The number of halogens is 1. The second-order valence-electron chi connectivity index (χ2n) is 10.4. The van der Waals surface area contributed by atoms with Crippen LogP contribution in [0.25, 0.3) is 0 Å². The van der Waals surface area contributed by atoms with Crippen molar-refractivity contribution in [3.05, 3.63) is 102 Å². The van der Waals surface area contributed by atoms with Crippen molar-refractivity contribution in [1.29, 1.82) is 0 Å². The van der Waals surface area contributed by atoms with Crippen LogP contribution in [0.15, 0.2) is 95.9 Å². The highest BCUT2D eigenvalue weighted by Gasteiger charge is 2.30. The Morgan fingerprint density at radius 2 is 1.55 bits per heavy atom. The Hall–Kier alpha value is -3.35. The molecule has 3 aromatic carbocycles. The van der Waals surface area contributed by atoms with E-state index < -0.39 is 10.0 Å². The van der Waals surface area contributed by atoms with Crippen LogP contribution in [0, 0.1) is 12.3 Å². The van der Waals surface area contributed by atoms with Gasteiger partial charge in [0.2, 0.25) is 10.0 Å². The first-order chi connectivity index (χ1) is 19.9. The van der Waals surface area contributed by atoms with Crippen LogP contribution in [0.5, 0.6) is 0 Å². The topological polar surface area (TPSA) is 70.2 Å². The van der Waals surface area contributed by atoms with Crippen molar-refractivity contribution in [3.63, 3.8) is 0 Å². The van der Waals surface area contributed by atoms with E-state index in [9.17, 15) is 13.2 Å². The van der Waals surface area contributed by atoms with Gasteiger partial charge in [-0.25, -0.2) is 17.5 Å². The first-order valence-corrected chi connectivity index (χ1v) is 15.5. The minimum atomic E-state index is -3.58. The number of hydrogen-bond acceptors (Lipinski definition) is 5. The molecule has 1 amide bonds. The third-order valence-electron chi connectivity index (χ3n) is 7.69. The number of carbonyl (C=O) groups excluding carboxylic acids is 1. The first-order valence-electron chi connectivity index (χ1n) is 14.1. The number of hydrogen-bond donors (Lipinski definition) is 0. The van der Waals surface area contributed by atoms with Gasteiger partial charge in [-0.1, -0.05) is 84.8 Å². The fourth-order valence-corrected chi connectivity index (χ4v) is 6.54. The molecule has 0 saturated carbocycles. The third-order valence-corrected chi connectivity index (χ3v) is 9.53. The van der Waals surface area contributed by atoms with E-state index in [4.69, 9.17) is 11.2 Å². The van der Waals surface area contributed by atoms with Gasteiger partial charge >= 0.3 is 6.09 Å². The number of sulfonamides is 1. The molecular weight excluding hydrogens is 570 g/mol. The molecule has 0 aromatic heterocycles. The summed E-state index contributed by atoms with van der Waals surface area (Å²) in [6, 6.07) is 28.3. The Bertz CT molecular complexity index is 1380. The standard InChI is InChI=1S/C33H39N3O4S.ClH/c1-3-22-36(33(37)40-27-28-13-7-4-8-14-28)31-20-24-35(25-21-31)23-19-30(29-15-9-5-10-16-29)26-34(2)41(38,39)32-17-11-6-12-18-32;/h1,4-18,30-31H,19-27H2,2H3;1H/t30-;/m1./s1. The van der Waals surface area contributed by atoms with E-state index in [1.807, 2.05) is 54.6 Å². The van der Waals surface area contributed by atoms with Crippen LogP contribution >= 0.6 is 12.4 Å². The van der Waals surface area contributed by atoms with E-state index in [0.717, 1.165) is 50.0 Å². The molecular formula is C33H40ClN3O4S. The van der Waals surface area contributed by atoms with Crippen LogP contribution in [0.2, 0.25) is 0 Å². The zero-order valence-corrected chi connectivity index (χ0v) is 25.7. The lowest BCUT2D eigenvalue weighted by Crippen LogP contribution is -2.48. The maximum atomic E-state index is 13.2. The Morgan fingerprint density at radius 1 is 0.976 bits per heavy atom. The van der Waals surface area contributed by atoms with Crippen molar-refractivity contribution in [3.8, 4) is 12.3 Å². The Morgan fingerprint density at radius 3 is 2.14 bits per heavy atom. The van der Waals surface area contributed by atoms with Gasteiger partial charge in [-0.2, -0.15) is 0 Å². The van der Waals surface area contributed by atoms with E-state index in [2.05, 4.69) is 23.0 Å². The van der Waals surface area contributed by atoms with Crippen LogP contribution in [-0.4, -0.2) is 74.4 Å². The SMILES string of the molecule is C#CCN(C(=O)OCc1ccccc1)C1CCN(CC[C@H](CN(C)S(=O)(=O)c2ccccc2)c2ccccc2)CC1.Cl. The number of carbonyl (C=O) groups is 1. The van der Waals surface area contributed by atoms with Gasteiger partial charge in [0.15, 0.2) is 0 Å². The second kappa shape index (κ2) is 16.3. The molecule has 9 heteroatoms. The van der Waals surface area contributed by atoms with E-state index in [1.54, 1.807) is 36.2 Å². The molecule has 1 fully saturated rings. The highest BCUT2D eigenvalue weighted by Crippen LogP contribution is 2.26. The van der Waals surface area contributed by atoms with Gasteiger partial charge in [-0.3, -0.25) is 4.90 Å². The van der Waals surface area contributed by atoms with Crippen LogP contribution < -0.4 is 0 Å². The quantitative estimate of drug-likeness (QED) is 0.249. The average Bonchev–Trinajstić information content (AvgIpc) is 3.02. The van der Waals surface area contributed by atoms with Crippen LogP contribution in [0.4, 0.5) is 4.79 Å². The van der Waals surface area contributed by atoms with Gasteiger partial charge in [-0.15, -0.1) is 18.8 Å². The van der Waals surface area contributed by atoms with Gasteiger partial charge in [-0.05, 0) is 55.0 Å². The molecule has 1 saturated heterocycles. The number of nitrogens with zero attached hydrogens (tertiary/aromatic N) is 3. The number of piperidine rings is 1. The molecule has 7 nitrogen and oxygen atoms in total. The summed E-state index contributed by atoms with van der Waals surface area (Å²) >= 11 is 0. The average molecular weight is 610 g/mol. The normalized spacial score (nSPS) is 14.9. The predicted molar refractivity (Wildman–Crippen MR) is 169 cm³/mol. The molecule has 1 atom stereocenters. The summed E-state index contributed by atoms with van der Waals surface area (Å²) in [6.07, 6.45) is 7.65. The highest BCUT2D eigenvalue weighted by atomic mass is 35.5. The van der Waals surface area contributed by atoms with Crippen molar-refractivity contribution in [2.24, 2.45) is 0 Å². The number of amides is 1.